The zero-order valence-corrected chi connectivity index (χ0v) is 11.1. The van der Waals surface area contributed by atoms with Crippen LogP contribution in [0.25, 0.3) is 0 Å². The van der Waals surface area contributed by atoms with Gasteiger partial charge in [0.05, 0.1) is 10.3 Å². The minimum Gasteiger partial charge on any atom is -0.369 e. The van der Waals surface area contributed by atoms with Crippen LogP contribution in [0.1, 0.15) is 33.6 Å². The number of hydrogen-bond donors (Lipinski definition) is 1. The van der Waals surface area contributed by atoms with Crippen LogP contribution in [-0.4, -0.2) is 11.7 Å². The summed E-state index contributed by atoms with van der Waals surface area (Å²) in [7, 11) is 0. The third-order valence-corrected chi connectivity index (χ3v) is 4.53. The second-order valence-electron chi connectivity index (χ2n) is 4.83. The molecular formula is C15H13NO2S. The molecule has 1 aliphatic carbocycles. The molecular weight excluding hydrogens is 258 g/mol. The molecule has 0 spiro atoms. The summed E-state index contributed by atoms with van der Waals surface area (Å²) in [4.78, 5) is 24.3. The number of primary amides is 1. The molecule has 4 heteroatoms. The third-order valence-electron chi connectivity index (χ3n) is 3.67. The minimum absolute atomic E-state index is 0.0190. The van der Waals surface area contributed by atoms with Gasteiger partial charge in [0.2, 0.25) is 11.7 Å². The number of carbonyl (C=O) groups is 2. The van der Waals surface area contributed by atoms with E-state index in [1.165, 1.54) is 11.3 Å². The fourth-order valence-electron chi connectivity index (χ4n) is 2.29. The Bertz CT molecular complexity index is 625. The molecule has 1 aliphatic rings. The lowest BCUT2D eigenvalue weighted by atomic mass is 9.94. The Balaban J connectivity index is 1.88. The molecule has 0 unspecified atom stereocenters. The van der Waals surface area contributed by atoms with E-state index in [0.29, 0.717) is 5.56 Å². The first-order valence-corrected chi connectivity index (χ1v) is 7.00. The predicted octanol–water partition coefficient (Wildman–Crippen LogP) is 2.50. The summed E-state index contributed by atoms with van der Waals surface area (Å²) in [5.41, 5.74) is 6.52. The van der Waals surface area contributed by atoms with Crippen molar-refractivity contribution in [2.24, 2.45) is 5.73 Å². The van der Waals surface area contributed by atoms with Crippen LogP contribution in [0.5, 0.6) is 0 Å². The lowest BCUT2D eigenvalue weighted by Crippen LogP contribution is -2.28. The lowest BCUT2D eigenvalue weighted by Gasteiger charge is -2.11. The molecule has 0 saturated heterocycles. The molecule has 0 radical (unpaired) electrons. The van der Waals surface area contributed by atoms with Crippen LogP contribution in [0.4, 0.5) is 0 Å². The zero-order chi connectivity index (χ0) is 13.5. The molecule has 2 aromatic rings. The van der Waals surface area contributed by atoms with Crippen molar-refractivity contribution in [2.75, 3.05) is 0 Å². The van der Waals surface area contributed by atoms with Crippen LogP contribution in [0.15, 0.2) is 41.8 Å². The summed E-state index contributed by atoms with van der Waals surface area (Å²) in [6.07, 6.45) is 1.61. The molecule has 19 heavy (non-hydrogen) atoms. The quantitative estimate of drug-likeness (QED) is 0.868. The van der Waals surface area contributed by atoms with Crippen molar-refractivity contribution < 1.29 is 9.59 Å². The van der Waals surface area contributed by atoms with Crippen molar-refractivity contribution >= 4 is 23.0 Å². The molecule has 2 N–H and O–H groups in total. The van der Waals surface area contributed by atoms with Gasteiger partial charge in [-0.3, -0.25) is 9.59 Å². The topological polar surface area (TPSA) is 60.2 Å². The number of rotatable bonds is 4. The van der Waals surface area contributed by atoms with Gasteiger partial charge in [-0.25, -0.2) is 0 Å². The molecule has 1 heterocycles. The Hall–Kier alpha value is -1.94. The molecule has 3 rings (SSSR count). The van der Waals surface area contributed by atoms with E-state index in [-0.39, 0.29) is 11.7 Å². The van der Waals surface area contributed by atoms with Gasteiger partial charge in [-0.15, -0.1) is 11.3 Å². The first kappa shape index (κ1) is 12.1. The van der Waals surface area contributed by atoms with E-state index in [9.17, 15) is 9.59 Å². The number of thiophene rings is 1. The Kier molecular flexibility index (Phi) is 2.75. The maximum absolute atomic E-state index is 12.1. The number of nitrogens with two attached hydrogens (primary N) is 1. The van der Waals surface area contributed by atoms with Crippen LogP contribution in [-0.2, 0) is 10.2 Å². The van der Waals surface area contributed by atoms with Gasteiger partial charge in [-0.05, 0) is 29.9 Å². The van der Waals surface area contributed by atoms with E-state index >= 15 is 0 Å². The van der Waals surface area contributed by atoms with Crippen molar-refractivity contribution in [1.29, 1.82) is 0 Å². The van der Waals surface area contributed by atoms with E-state index in [4.69, 9.17) is 5.73 Å². The Morgan fingerprint density at radius 1 is 1.11 bits per heavy atom. The average molecular weight is 271 g/mol. The van der Waals surface area contributed by atoms with Crippen LogP contribution < -0.4 is 5.73 Å². The number of benzene rings is 1. The van der Waals surface area contributed by atoms with Crippen molar-refractivity contribution in [3.63, 3.8) is 0 Å². The summed E-state index contributed by atoms with van der Waals surface area (Å²) in [5.74, 6) is -0.254. The highest BCUT2D eigenvalue weighted by Crippen LogP contribution is 2.47. The number of ketones is 1. The third kappa shape index (κ3) is 1.98. The molecule has 1 aromatic heterocycles. The molecule has 1 amide bonds. The zero-order valence-electron chi connectivity index (χ0n) is 10.3. The fourth-order valence-corrected chi connectivity index (χ4v) is 2.98. The van der Waals surface area contributed by atoms with E-state index in [1.807, 2.05) is 29.6 Å². The van der Waals surface area contributed by atoms with Gasteiger partial charge in [-0.2, -0.15) is 0 Å². The van der Waals surface area contributed by atoms with Crippen LogP contribution in [0.2, 0.25) is 0 Å². The van der Waals surface area contributed by atoms with Crippen LogP contribution >= 0.6 is 11.3 Å². The number of carbonyl (C=O) groups excluding carboxylic acids is 2. The maximum atomic E-state index is 12.1. The summed E-state index contributed by atoms with van der Waals surface area (Å²) in [5, 5.41) is 1.88. The fraction of sp³-hybridized carbons (Fsp3) is 0.200. The largest absolute Gasteiger partial charge is 0.369 e. The van der Waals surface area contributed by atoms with Gasteiger partial charge in [0, 0.05) is 5.56 Å². The Labute approximate surface area is 115 Å². The molecule has 0 atom stereocenters. The molecule has 1 saturated carbocycles. The molecule has 1 aromatic carbocycles. The first-order chi connectivity index (χ1) is 9.13. The highest BCUT2D eigenvalue weighted by molar-refractivity contribution is 7.12. The molecule has 0 aliphatic heterocycles. The van der Waals surface area contributed by atoms with E-state index in [2.05, 4.69) is 0 Å². The van der Waals surface area contributed by atoms with Gasteiger partial charge >= 0.3 is 0 Å². The van der Waals surface area contributed by atoms with E-state index in [0.717, 1.165) is 23.3 Å². The second-order valence-corrected chi connectivity index (χ2v) is 5.78. The molecule has 96 valence electrons. The smallest absolute Gasteiger partial charge is 0.228 e. The van der Waals surface area contributed by atoms with E-state index < -0.39 is 5.41 Å². The van der Waals surface area contributed by atoms with Crippen molar-refractivity contribution in [3.8, 4) is 0 Å². The number of amides is 1. The van der Waals surface area contributed by atoms with Crippen LogP contribution in [0, 0.1) is 0 Å². The van der Waals surface area contributed by atoms with Gasteiger partial charge in [-0.1, -0.05) is 30.3 Å². The lowest BCUT2D eigenvalue weighted by molar-refractivity contribution is -0.120. The van der Waals surface area contributed by atoms with E-state index in [1.54, 1.807) is 12.1 Å². The number of hydrogen-bond acceptors (Lipinski definition) is 3. The van der Waals surface area contributed by atoms with Gasteiger partial charge in [0.1, 0.15) is 0 Å². The summed E-state index contributed by atoms with van der Waals surface area (Å²) in [6, 6.07) is 10.9. The standard InChI is InChI=1S/C15H13NO2S/c16-14(18)15(7-8-15)11-5-3-10(4-6-11)13(17)12-2-1-9-19-12/h1-6,9H,7-8H2,(H2,16,18). The van der Waals surface area contributed by atoms with Crippen LogP contribution in [0.3, 0.4) is 0 Å². The average Bonchev–Trinajstić information content (AvgIpc) is 3.07. The van der Waals surface area contributed by atoms with Gasteiger partial charge in [0.25, 0.3) is 0 Å². The normalized spacial score (nSPS) is 16.0. The first-order valence-electron chi connectivity index (χ1n) is 6.12. The Morgan fingerprint density at radius 3 is 2.26 bits per heavy atom. The second kappa shape index (κ2) is 4.31. The predicted molar refractivity (Wildman–Crippen MR) is 74.3 cm³/mol. The highest BCUT2D eigenvalue weighted by Gasteiger charge is 2.49. The summed E-state index contributed by atoms with van der Waals surface area (Å²) < 4.78 is 0. The summed E-state index contributed by atoms with van der Waals surface area (Å²) in [6.45, 7) is 0. The maximum Gasteiger partial charge on any atom is 0.228 e. The SMILES string of the molecule is NC(=O)C1(c2ccc(C(=O)c3cccs3)cc2)CC1. The summed E-state index contributed by atoms with van der Waals surface area (Å²) >= 11 is 1.43. The molecule has 3 nitrogen and oxygen atoms in total. The van der Waals surface area contributed by atoms with Crippen molar-refractivity contribution in [1.82, 2.24) is 0 Å². The highest BCUT2D eigenvalue weighted by atomic mass is 32.1. The minimum atomic E-state index is -0.482. The van der Waals surface area contributed by atoms with Gasteiger partial charge in [0.15, 0.2) is 0 Å². The van der Waals surface area contributed by atoms with Gasteiger partial charge < -0.3 is 5.73 Å². The molecule has 0 bridgehead atoms. The molecule has 1 fully saturated rings. The van der Waals surface area contributed by atoms with Crippen molar-refractivity contribution in [2.45, 2.75) is 18.3 Å². The Morgan fingerprint density at radius 2 is 1.79 bits per heavy atom. The van der Waals surface area contributed by atoms with Crippen molar-refractivity contribution in [3.05, 3.63) is 57.8 Å². The monoisotopic (exact) mass is 271 g/mol.